The Labute approximate surface area is 152 Å². The first-order valence-corrected chi connectivity index (χ1v) is 8.73. The molecule has 0 aliphatic rings. The minimum absolute atomic E-state index is 0.139. The number of nitrogens with zero attached hydrogens (tertiary/aromatic N) is 2. The number of pyridine rings is 1. The van der Waals surface area contributed by atoms with Crippen LogP contribution in [0.2, 0.25) is 0 Å². The van der Waals surface area contributed by atoms with Gasteiger partial charge in [-0.15, -0.1) is 0 Å². The molecule has 7 nitrogen and oxygen atoms in total. The molecule has 0 fully saturated rings. The van der Waals surface area contributed by atoms with E-state index in [0.717, 1.165) is 24.8 Å². The number of aromatic carboxylic acids is 1. The van der Waals surface area contributed by atoms with E-state index >= 15 is 0 Å². The summed E-state index contributed by atoms with van der Waals surface area (Å²) in [5, 5.41) is 20.1. The van der Waals surface area contributed by atoms with E-state index in [9.17, 15) is 14.7 Å². The minimum Gasteiger partial charge on any atom is -0.477 e. The molecule has 2 aromatic rings. The highest BCUT2D eigenvalue weighted by molar-refractivity contribution is 5.92. The van der Waals surface area contributed by atoms with Crippen LogP contribution in [0.1, 0.15) is 35.2 Å². The zero-order valence-corrected chi connectivity index (χ0v) is 15.3. The number of carboxylic acid groups (broad SMARTS) is 1. The number of aliphatic hydroxyl groups is 1. The normalized spacial score (nSPS) is 11.0. The number of aromatic nitrogens is 1. The van der Waals surface area contributed by atoms with Gasteiger partial charge in [-0.3, -0.25) is 9.47 Å². The van der Waals surface area contributed by atoms with Crippen molar-refractivity contribution in [3.63, 3.8) is 0 Å². The number of aryl methyl sites for hydroxylation is 1. The fourth-order valence-corrected chi connectivity index (χ4v) is 2.80. The van der Waals surface area contributed by atoms with Crippen molar-refractivity contribution in [2.24, 2.45) is 0 Å². The third-order valence-corrected chi connectivity index (χ3v) is 4.16. The molecule has 0 amide bonds. The Hall–Kier alpha value is -2.38. The molecule has 2 rings (SSSR count). The second-order valence-corrected chi connectivity index (χ2v) is 6.37. The molecule has 142 valence electrons. The van der Waals surface area contributed by atoms with E-state index in [0.29, 0.717) is 30.5 Å². The van der Waals surface area contributed by atoms with Gasteiger partial charge in [0.2, 0.25) is 5.43 Å². The molecule has 0 unspecified atom stereocenters. The molecule has 0 atom stereocenters. The van der Waals surface area contributed by atoms with Crippen molar-refractivity contribution in [1.29, 1.82) is 0 Å². The smallest absolute Gasteiger partial charge is 0.341 e. The van der Waals surface area contributed by atoms with Crippen LogP contribution in [-0.4, -0.2) is 54.8 Å². The zero-order valence-electron chi connectivity index (χ0n) is 15.3. The van der Waals surface area contributed by atoms with Crippen LogP contribution in [0.25, 0.3) is 10.9 Å². The van der Waals surface area contributed by atoms with Crippen LogP contribution in [0, 0.1) is 0 Å². The Morgan fingerprint density at radius 3 is 2.58 bits per heavy atom. The van der Waals surface area contributed by atoms with E-state index in [1.807, 2.05) is 12.1 Å². The first-order chi connectivity index (χ1) is 12.5. The van der Waals surface area contributed by atoms with Gasteiger partial charge in [-0.25, -0.2) is 4.79 Å². The second kappa shape index (κ2) is 9.35. The number of hydrogen-bond donors (Lipinski definition) is 2. The van der Waals surface area contributed by atoms with Crippen molar-refractivity contribution in [2.45, 2.75) is 25.7 Å². The van der Waals surface area contributed by atoms with E-state index in [1.54, 1.807) is 29.8 Å². The molecule has 2 N–H and O–H groups in total. The minimum atomic E-state index is -1.22. The van der Waals surface area contributed by atoms with Gasteiger partial charge in [0.1, 0.15) is 5.56 Å². The number of benzene rings is 1. The summed E-state index contributed by atoms with van der Waals surface area (Å²) < 4.78 is 7.07. The van der Waals surface area contributed by atoms with E-state index in [2.05, 4.69) is 0 Å². The van der Waals surface area contributed by atoms with Crippen molar-refractivity contribution < 1.29 is 19.7 Å². The Balaban J connectivity index is 2.17. The maximum atomic E-state index is 12.5. The highest BCUT2D eigenvalue weighted by Gasteiger charge is 2.15. The lowest BCUT2D eigenvalue weighted by atomic mass is 10.0. The Bertz CT molecular complexity index is 813. The van der Waals surface area contributed by atoms with Crippen molar-refractivity contribution in [3.05, 3.63) is 45.7 Å². The van der Waals surface area contributed by atoms with Crippen LogP contribution < -0.4 is 10.4 Å². The van der Waals surface area contributed by atoms with Crippen molar-refractivity contribution >= 4 is 16.9 Å². The van der Waals surface area contributed by atoms with Crippen LogP contribution in [0.4, 0.5) is 0 Å². The number of carbonyl (C=O) groups is 1. The van der Waals surface area contributed by atoms with Gasteiger partial charge in [0.15, 0.2) is 0 Å². The van der Waals surface area contributed by atoms with E-state index in [4.69, 9.17) is 9.84 Å². The van der Waals surface area contributed by atoms with E-state index < -0.39 is 11.4 Å². The number of rotatable bonds is 10. The van der Waals surface area contributed by atoms with Crippen molar-refractivity contribution in [3.8, 4) is 0 Å². The average molecular weight is 362 g/mol. The van der Waals surface area contributed by atoms with Crippen molar-refractivity contribution in [1.82, 2.24) is 4.68 Å². The molecule has 26 heavy (non-hydrogen) atoms. The molecular formula is C19H26N2O5. The molecule has 0 saturated carbocycles. The van der Waals surface area contributed by atoms with Gasteiger partial charge in [-0.05, 0) is 43.4 Å². The van der Waals surface area contributed by atoms with Gasteiger partial charge < -0.3 is 20.0 Å². The third-order valence-electron chi connectivity index (χ3n) is 4.16. The summed E-state index contributed by atoms with van der Waals surface area (Å²) in [5.74, 6) is -1.22. The molecule has 1 aromatic heterocycles. The maximum Gasteiger partial charge on any atom is 0.341 e. The highest BCUT2D eigenvalue weighted by atomic mass is 16.5. The molecule has 0 aliphatic carbocycles. The number of ether oxygens (including phenoxy) is 1. The Morgan fingerprint density at radius 1 is 1.19 bits per heavy atom. The van der Waals surface area contributed by atoms with Gasteiger partial charge >= 0.3 is 5.97 Å². The molecule has 0 spiro atoms. The van der Waals surface area contributed by atoms with Gasteiger partial charge in [0.25, 0.3) is 0 Å². The van der Waals surface area contributed by atoms with Crippen LogP contribution in [0.3, 0.4) is 0 Å². The fraction of sp³-hybridized carbons (Fsp3) is 0.474. The van der Waals surface area contributed by atoms with Gasteiger partial charge in [0, 0.05) is 45.5 Å². The van der Waals surface area contributed by atoms with Gasteiger partial charge in [0.05, 0.1) is 5.52 Å². The fourth-order valence-electron chi connectivity index (χ4n) is 2.80. The summed E-state index contributed by atoms with van der Waals surface area (Å²) in [6, 6.07) is 5.61. The number of hydrogen-bond acceptors (Lipinski definition) is 5. The number of unbranched alkanes of at least 4 members (excludes halogenated alkanes) is 1. The molecular weight excluding hydrogens is 336 g/mol. The molecule has 1 aromatic carbocycles. The Morgan fingerprint density at radius 2 is 1.92 bits per heavy atom. The lowest BCUT2D eigenvalue weighted by Gasteiger charge is -2.20. The number of aliphatic hydroxyl groups excluding tert-OH is 1. The molecule has 0 saturated heterocycles. The third kappa shape index (κ3) is 4.83. The van der Waals surface area contributed by atoms with Crippen molar-refractivity contribution in [2.75, 3.05) is 38.9 Å². The maximum absolute atomic E-state index is 12.5. The van der Waals surface area contributed by atoms with Crippen LogP contribution in [-0.2, 0) is 11.2 Å². The molecule has 0 aliphatic heterocycles. The van der Waals surface area contributed by atoms with Crippen LogP contribution >= 0.6 is 0 Å². The summed E-state index contributed by atoms with van der Waals surface area (Å²) >= 11 is 0. The first-order valence-electron chi connectivity index (χ1n) is 8.73. The Kier molecular flexibility index (Phi) is 7.17. The highest BCUT2D eigenvalue weighted by Crippen LogP contribution is 2.16. The summed E-state index contributed by atoms with van der Waals surface area (Å²) in [6.45, 7) is 1.35. The quantitative estimate of drug-likeness (QED) is 0.624. The second-order valence-electron chi connectivity index (χ2n) is 6.37. The van der Waals surface area contributed by atoms with Crippen LogP contribution in [0.5, 0.6) is 0 Å². The van der Waals surface area contributed by atoms with E-state index in [1.165, 1.54) is 6.20 Å². The molecule has 0 bridgehead atoms. The monoisotopic (exact) mass is 362 g/mol. The van der Waals surface area contributed by atoms with Gasteiger partial charge in [-0.2, -0.15) is 0 Å². The summed E-state index contributed by atoms with van der Waals surface area (Å²) in [6.07, 6.45) is 4.59. The van der Waals surface area contributed by atoms with E-state index in [-0.39, 0.29) is 12.2 Å². The molecule has 7 heteroatoms. The number of carboxylic acids is 1. The number of fused-ring (bicyclic) bond motifs is 1. The lowest BCUT2D eigenvalue weighted by molar-refractivity contribution is 0.0695. The van der Waals surface area contributed by atoms with Gasteiger partial charge in [-0.1, -0.05) is 6.07 Å². The molecule has 1 heterocycles. The largest absolute Gasteiger partial charge is 0.477 e. The SMILES string of the molecule is CN(C)n1cc(C(=O)O)c(=O)c2cc(CCCCOCCCO)ccc21. The summed E-state index contributed by atoms with van der Waals surface area (Å²) in [5.41, 5.74) is 0.985. The van der Waals surface area contributed by atoms with Crippen LogP contribution in [0.15, 0.2) is 29.2 Å². The summed E-state index contributed by atoms with van der Waals surface area (Å²) in [4.78, 5) is 23.9. The lowest BCUT2D eigenvalue weighted by Crippen LogP contribution is -2.29. The first kappa shape index (κ1) is 19.9. The standard InChI is InChI=1S/C19H26N2O5/c1-20(2)21-13-16(19(24)25)18(23)15-12-14(7-8-17(15)21)6-3-4-10-26-11-5-9-22/h7-8,12-13,22H,3-6,9-11H2,1-2H3,(H,24,25). The summed E-state index contributed by atoms with van der Waals surface area (Å²) in [7, 11) is 3.58. The molecule has 0 radical (unpaired) electrons. The predicted molar refractivity (Wildman–Crippen MR) is 101 cm³/mol. The zero-order chi connectivity index (χ0) is 19.1. The topological polar surface area (TPSA) is 92.0 Å². The predicted octanol–water partition coefficient (Wildman–Crippen LogP) is 1.62. The average Bonchev–Trinajstić information content (AvgIpc) is 2.61.